The summed E-state index contributed by atoms with van der Waals surface area (Å²) in [5.41, 5.74) is 8.96. The van der Waals surface area contributed by atoms with Crippen LogP contribution in [0, 0.1) is 0 Å². The zero-order valence-electron chi connectivity index (χ0n) is 13.1. The van der Waals surface area contributed by atoms with Gasteiger partial charge in [0, 0.05) is 24.7 Å². The van der Waals surface area contributed by atoms with Gasteiger partial charge in [0.2, 0.25) is 0 Å². The predicted molar refractivity (Wildman–Crippen MR) is 93.2 cm³/mol. The van der Waals surface area contributed by atoms with E-state index in [0.29, 0.717) is 13.2 Å². The monoisotopic (exact) mass is 310 g/mol. The number of aliphatic hydroxyl groups is 1. The molecule has 0 bridgehead atoms. The van der Waals surface area contributed by atoms with Gasteiger partial charge in [-0.15, -0.1) is 0 Å². The number of aliphatic hydroxyl groups excluding tert-OH is 1. The number of aryl methyl sites for hydroxylation is 1. The molecule has 4 heteroatoms. The molecule has 0 saturated carbocycles. The molecule has 0 unspecified atom stereocenters. The SMILES string of the molecule is NCCOc1ccccc1-n1ccc2c(CCCO)cccc21. The van der Waals surface area contributed by atoms with Crippen molar-refractivity contribution in [2.75, 3.05) is 19.8 Å². The first-order valence-corrected chi connectivity index (χ1v) is 7.97. The Morgan fingerprint density at radius 3 is 2.74 bits per heavy atom. The summed E-state index contributed by atoms with van der Waals surface area (Å²) in [5, 5.41) is 10.3. The highest BCUT2D eigenvalue weighted by Crippen LogP contribution is 2.29. The molecule has 0 radical (unpaired) electrons. The lowest BCUT2D eigenvalue weighted by Gasteiger charge is -2.13. The minimum absolute atomic E-state index is 0.215. The van der Waals surface area contributed by atoms with E-state index in [1.165, 1.54) is 10.9 Å². The molecule has 0 spiro atoms. The Balaban J connectivity index is 2.04. The number of aromatic nitrogens is 1. The number of para-hydroxylation sites is 2. The number of rotatable bonds is 7. The molecule has 0 amide bonds. The summed E-state index contributed by atoms with van der Waals surface area (Å²) in [6.07, 6.45) is 3.72. The highest BCUT2D eigenvalue weighted by molar-refractivity contribution is 5.85. The second-order valence-electron chi connectivity index (χ2n) is 5.47. The molecular formula is C19H22N2O2. The summed E-state index contributed by atoms with van der Waals surface area (Å²) in [4.78, 5) is 0. The number of ether oxygens (including phenoxy) is 1. The van der Waals surface area contributed by atoms with Crippen molar-refractivity contribution >= 4 is 10.9 Å². The summed E-state index contributed by atoms with van der Waals surface area (Å²) < 4.78 is 7.92. The number of nitrogens with zero attached hydrogens (tertiary/aromatic N) is 1. The van der Waals surface area contributed by atoms with Gasteiger partial charge in [-0.3, -0.25) is 0 Å². The number of hydrogen-bond acceptors (Lipinski definition) is 3. The molecule has 0 saturated heterocycles. The van der Waals surface area contributed by atoms with E-state index in [0.717, 1.165) is 29.8 Å². The van der Waals surface area contributed by atoms with Crippen LogP contribution in [0.1, 0.15) is 12.0 Å². The molecule has 23 heavy (non-hydrogen) atoms. The van der Waals surface area contributed by atoms with Crippen LogP contribution in [0.5, 0.6) is 5.75 Å². The maximum Gasteiger partial charge on any atom is 0.143 e. The third-order valence-corrected chi connectivity index (χ3v) is 3.93. The van der Waals surface area contributed by atoms with Crippen molar-refractivity contribution in [2.45, 2.75) is 12.8 Å². The Labute approximate surface area is 136 Å². The Bertz CT molecular complexity index is 780. The van der Waals surface area contributed by atoms with Gasteiger partial charge in [-0.05, 0) is 42.7 Å². The second-order valence-corrected chi connectivity index (χ2v) is 5.47. The van der Waals surface area contributed by atoms with Gasteiger partial charge in [-0.2, -0.15) is 0 Å². The zero-order chi connectivity index (χ0) is 16.1. The van der Waals surface area contributed by atoms with Crippen molar-refractivity contribution in [3.05, 3.63) is 60.3 Å². The summed E-state index contributed by atoms with van der Waals surface area (Å²) in [6, 6.07) is 16.4. The number of benzene rings is 2. The van der Waals surface area contributed by atoms with Crippen LogP contribution < -0.4 is 10.5 Å². The minimum Gasteiger partial charge on any atom is -0.490 e. The van der Waals surface area contributed by atoms with Gasteiger partial charge in [-0.1, -0.05) is 24.3 Å². The zero-order valence-corrected chi connectivity index (χ0v) is 13.1. The van der Waals surface area contributed by atoms with E-state index in [1.807, 2.05) is 24.3 Å². The standard InChI is InChI=1S/C19H22N2O2/c20-11-14-23-19-9-2-1-7-18(19)21-12-10-16-15(6-4-13-22)5-3-8-17(16)21/h1-3,5,7-10,12,22H,4,6,11,13-14,20H2. The molecule has 0 aliphatic rings. The highest BCUT2D eigenvalue weighted by Gasteiger charge is 2.10. The molecule has 3 rings (SSSR count). The maximum absolute atomic E-state index is 9.07. The Kier molecular flexibility index (Phi) is 4.95. The van der Waals surface area contributed by atoms with Crippen LogP contribution in [-0.4, -0.2) is 29.4 Å². The molecule has 0 aliphatic heterocycles. The van der Waals surface area contributed by atoms with Gasteiger partial charge >= 0.3 is 0 Å². The summed E-state index contributed by atoms with van der Waals surface area (Å²) in [7, 11) is 0. The van der Waals surface area contributed by atoms with Crippen molar-refractivity contribution < 1.29 is 9.84 Å². The fourth-order valence-corrected chi connectivity index (χ4v) is 2.88. The summed E-state index contributed by atoms with van der Waals surface area (Å²) in [6.45, 7) is 1.21. The molecule has 3 aromatic rings. The normalized spacial score (nSPS) is 11.0. The van der Waals surface area contributed by atoms with Crippen LogP contribution in [0.3, 0.4) is 0 Å². The molecular weight excluding hydrogens is 288 g/mol. The molecule has 0 aliphatic carbocycles. The Hall–Kier alpha value is -2.30. The number of fused-ring (bicyclic) bond motifs is 1. The second kappa shape index (κ2) is 7.31. The summed E-state index contributed by atoms with van der Waals surface area (Å²) >= 11 is 0. The van der Waals surface area contributed by atoms with Gasteiger partial charge in [0.05, 0.1) is 11.2 Å². The third kappa shape index (κ3) is 3.23. The first-order chi connectivity index (χ1) is 11.3. The lowest BCUT2D eigenvalue weighted by atomic mass is 10.1. The smallest absolute Gasteiger partial charge is 0.143 e. The minimum atomic E-state index is 0.215. The van der Waals surface area contributed by atoms with Gasteiger partial charge in [0.15, 0.2) is 0 Å². The molecule has 0 fully saturated rings. The largest absolute Gasteiger partial charge is 0.490 e. The highest BCUT2D eigenvalue weighted by atomic mass is 16.5. The van der Waals surface area contributed by atoms with Gasteiger partial charge < -0.3 is 20.1 Å². The van der Waals surface area contributed by atoms with Crippen molar-refractivity contribution in [3.63, 3.8) is 0 Å². The molecule has 1 heterocycles. The van der Waals surface area contributed by atoms with E-state index in [1.54, 1.807) is 0 Å². The summed E-state index contributed by atoms with van der Waals surface area (Å²) in [5.74, 6) is 0.830. The molecule has 1 aromatic heterocycles. The van der Waals surface area contributed by atoms with Crippen LogP contribution in [0.25, 0.3) is 16.6 Å². The first-order valence-electron chi connectivity index (χ1n) is 7.97. The van der Waals surface area contributed by atoms with E-state index in [4.69, 9.17) is 15.6 Å². The molecule has 120 valence electrons. The van der Waals surface area contributed by atoms with E-state index < -0.39 is 0 Å². The average Bonchev–Trinajstić information content (AvgIpc) is 3.03. The fourth-order valence-electron chi connectivity index (χ4n) is 2.88. The van der Waals surface area contributed by atoms with E-state index in [9.17, 15) is 0 Å². The van der Waals surface area contributed by atoms with Crippen LogP contribution in [-0.2, 0) is 6.42 Å². The molecule has 2 aromatic carbocycles. The lowest BCUT2D eigenvalue weighted by Crippen LogP contribution is -2.11. The predicted octanol–water partition coefficient (Wildman–Crippen LogP) is 2.89. The molecule has 0 atom stereocenters. The van der Waals surface area contributed by atoms with Crippen LogP contribution in [0.15, 0.2) is 54.7 Å². The van der Waals surface area contributed by atoms with Gasteiger partial charge in [-0.25, -0.2) is 0 Å². The molecule has 3 N–H and O–H groups in total. The van der Waals surface area contributed by atoms with E-state index >= 15 is 0 Å². The lowest BCUT2D eigenvalue weighted by molar-refractivity contribution is 0.289. The van der Waals surface area contributed by atoms with Gasteiger partial charge in [0.1, 0.15) is 12.4 Å². The van der Waals surface area contributed by atoms with Crippen molar-refractivity contribution in [2.24, 2.45) is 5.73 Å². The van der Waals surface area contributed by atoms with Crippen molar-refractivity contribution in [1.82, 2.24) is 4.57 Å². The third-order valence-electron chi connectivity index (χ3n) is 3.93. The Morgan fingerprint density at radius 1 is 1.04 bits per heavy atom. The number of nitrogens with two attached hydrogens (primary N) is 1. The fraction of sp³-hybridized carbons (Fsp3) is 0.263. The van der Waals surface area contributed by atoms with Crippen molar-refractivity contribution in [3.8, 4) is 11.4 Å². The van der Waals surface area contributed by atoms with Gasteiger partial charge in [0.25, 0.3) is 0 Å². The number of hydrogen-bond donors (Lipinski definition) is 2. The average molecular weight is 310 g/mol. The van der Waals surface area contributed by atoms with Crippen LogP contribution in [0.2, 0.25) is 0 Å². The van der Waals surface area contributed by atoms with E-state index in [-0.39, 0.29) is 6.61 Å². The van der Waals surface area contributed by atoms with Crippen LogP contribution >= 0.6 is 0 Å². The van der Waals surface area contributed by atoms with Crippen molar-refractivity contribution in [1.29, 1.82) is 0 Å². The molecule has 4 nitrogen and oxygen atoms in total. The Morgan fingerprint density at radius 2 is 1.91 bits per heavy atom. The topological polar surface area (TPSA) is 60.4 Å². The first kappa shape index (κ1) is 15.6. The maximum atomic E-state index is 9.07. The quantitative estimate of drug-likeness (QED) is 0.705. The van der Waals surface area contributed by atoms with Crippen LogP contribution in [0.4, 0.5) is 0 Å². The van der Waals surface area contributed by atoms with E-state index in [2.05, 4.69) is 35.0 Å².